The number of carbonyl (C=O) groups excluding carboxylic acids is 1. The average molecular weight is 296 g/mol. The van der Waals surface area contributed by atoms with E-state index in [2.05, 4.69) is 29.2 Å². The van der Waals surface area contributed by atoms with Gasteiger partial charge in [-0.25, -0.2) is 4.79 Å². The highest BCUT2D eigenvalue weighted by Crippen LogP contribution is 2.00. The first kappa shape index (κ1) is 17.2. The maximum atomic E-state index is 11.7. The van der Waals surface area contributed by atoms with Gasteiger partial charge in [-0.1, -0.05) is 13.8 Å². The van der Waals surface area contributed by atoms with Gasteiger partial charge in [-0.2, -0.15) is 5.10 Å². The molecule has 21 heavy (non-hydrogen) atoms. The van der Waals surface area contributed by atoms with Crippen molar-refractivity contribution in [2.45, 2.75) is 33.2 Å². The van der Waals surface area contributed by atoms with Crippen molar-refractivity contribution in [3.05, 3.63) is 18.0 Å². The molecule has 118 valence electrons. The first-order valence-electron chi connectivity index (χ1n) is 7.32. The van der Waals surface area contributed by atoms with E-state index < -0.39 is 5.97 Å². The molecule has 0 fully saturated rings. The monoisotopic (exact) mass is 296 g/mol. The Kier molecular flexibility index (Phi) is 7.45. The van der Waals surface area contributed by atoms with Crippen LogP contribution in [0.5, 0.6) is 0 Å². The van der Waals surface area contributed by atoms with Crippen LogP contribution in [-0.4, -0.2) is 57.8 Å². The number of amides is 1. The largest absolute Gasteiger partial charge is 0.477 e. The molecule has 0 bridgehead atoms. The molecule has 1 rings (SSSR count). The fourth-order valence-corrected chi connectivity index (χ4v) is 2.06. The predicted octanol–water partition coefficient (Wildman–Crippen LogP) is 0.820. The van der Waals surface area contributed by atoms with E-state index in [4.69, 9.17) is 5.11 Å². The van der Waals surface area contributed by atoms with Crippen LogP contribution in [0, 0.1) is 0 Å². The number of nitrogens with zero attached hydrogens (tertiary/aromatic N) is 3. The zero-order valence-corrected chi connectivity index (χ0v) is 12.7. The maximum Gasteiger partial charge on any atom is 0.354 e. The standard InChI is InChI=1S/C14H24N4O3/c1-3-17(4-2)10-5-8-15-13(19)7-11-18-12(14(20)21)6-9-16-18/h6,9H,3-5,7-8,10-11H2,1-2H3,(H,15,19)(H,20,21). The van der Waals surface area contributed by atoms with Gasteiger partial charge in [0.25, 0.3) is 0 Å². The lowest BCUT2D eigenvalue weighted by Crippen LogP contribution is -2.30. The summed E-state index contributed by atoms with van der Waals surface area (Å²) in [5.41, 5.74) is 0.101. The molecule has 1 aromatic rings. The van der Waals surface area contributed by atoms with Crippen LogP contribution in [0.25, 0.3) is 0 Å². The lowest BCUT2D eigenvalue weighted by atomic mass is 10.3. The molecule has 0 saturated heterocycles. The number of aryl methyl sites for hydroxylation is 1. The van der Waals surface area contributed by atoms with Crippen LogP contribution >= 0.6 is 0 Å². The summed E-state index contributed by atoms with van der Waals surface area (Å²) in [5.74, 6) is -1.12. The van der Waals surface area contributed by atoms with E-state index in [1.54, 1.807) is 0 Å². The van der Waals surface area contributed by atoms with Gasteiger partial charge in [-0.05, 0) is 32.1 Å². The summed E-state index contributed by atoms with van der Waals surface area (Å²) in [6.45, 7) is 8.15. The van der Waals surface area contributed by atoms with Crippen LogP contribution in [-0.2, 0) is 11.3 Å². The fourth-order valence-electron chi connectivity index (χ4n) is 2.06. The summed E-state index contributed by atoms with van der Waals surface area (Å²) in [4.78, 5) is 24.9. The van der Waals surface area contributed by atoms with Gasteiger partial charge in [-0.3, -0.25) is 9.48 Å². The zero-order chi connectivity index (χ0) is 15.7. The normalized spacial score (nSPS) is 10.8. The zero-order valence-electron chi connectivity index (χ0n) is 12.7. The Morgan fingerprint density at radius 2 is 2.10 bits per heavy atom. The molecule has 0 saturated carbocycles. The summed E-state index contributed by atoms with van der Waals surface area (Å²) in [6, 6.07) is 1.42. The van der Waals surface area contributed by atoms with Gasteiger partial charge in [0.05, 0.1) is 6.54 Å². The molecule has 0 aliphatic carbocycles. The molecule has 0 spiro atoms. The highest BCUT2D eigenvalue weighted by molar-refractivity contribution is 5.85. The highest BCUT2D eigenvalue weighted by Gasteiger charge is 2.11. The lowest BCUT2D eigenvalue weighted by Gasteiger charge is -2.17. The first-order chi connectivity index (χ1) is 10.1. The third-order valence-corrected chi connectivity index (χ3v) is 3.35. The molecule has 1 heterocycles. The minimum Gasteiger partial charge on any atom is -0.477 e. The lowest BCUT2D eigenvalue weighted by molar-refractivity contribution is -0.121. The van der Waals surface area contributed by atoms with Crippen molar-refractivity contribution in [2.75, 3.05) is 26.2 Å². The molecular weight excluding hydrogens is 272 g/mol. The molecule has 1 aromatic heterocycles. The molecule has 7 nitrogen and oxygen atoms in total. The van der Waals surface area contributed by atoms with Crippen LogP contribution in [0.1, 0.15) is 37.2 Å². The number of hydrogen-bond donors (Lipinski definition) is 2. The first-order valence-corrected chi connectivity index (χ1v) is 7.32. The Morgan fingerprint density at radius 3 is 2.71 bits per heavy atom. The summed E-state index contributed by atoms with van der Waals surface area (Å²) in [6.07, 6.45) is 2.56. The number of nitrogens with one attached hydrogen (secondary N) is 1. The van der Waals surface area contributed by atoms with Crippen LogP contribution in [0.15, 0.2) is 12.3 Å². The Bertz CT molecular complexity index is 455. The number of aromatic nitrogens is 2. The SMILES string of the molecule is CCN(CC)CCCNC(=O)CCn1nccc1C(=O)O. The smallest absolute Gasteiger partial charge is 0.354 e. The number of carbonyl (C=O) groups is 2. The second kappa shape index (κ2) is 9.12. The van der Waals surface area contributed by atoms with Crippen LogP contribution in [0.3, 0.4) is 0 Å². The summed E-state index contributed by atoms with van der Waals surface area (Å²) >= 11 is 0. The van der Waals surface area contributed by atoms with Crippen molar-refractivity contribution < 1.29 is 14.7 Å². The minimum atomic E-state index is -1.04. The molecule has 0 unspecified atom stereocenters. The maximum absolute atomic E-state index is 11.7. The van der Waals surface area contributed by atoms with Crippen molar-refractivity contribution in [3.8, 4) is 0 Å². The van der Waals surface area contributed by atoms with Crippen molar-refractivity contribution in [1.29, 1.82) is 0 Å². The Labute approximate surface area is 124 Å². The Balaban J connectivity index is 2.22. The number of hydrogen-bond acceptors (Lipinski definition) is 4. The predicted molar refractivity (Wildman–Crippen MR) is 79.2 cm³/mol. The summed E-state index contributed by atoms with van der Waals surface area (Å²) in [7, 11) is 0. The quantitative estimate of drug-likeness (QED) is 0.624. The van der Waals surface area contributed by atoms with Gasteiger partial charge >= 0.3 is 5.97 Å². The van der Waals surface area contributed by atoms with E-state index in [-0.39, 0.29) is 24.6 Å². The van der Waals surface area contributed by atoms with E-state index in [9.17, 15) is 9.59 Å². The number of carboxylic acids is 1. The molecule has 0 aliphatic rings. The third-order valence-electron chi connectivity index (χ3n) is 3.35. The number of aromatic carboxylic acids is 1. The van der Waals surface area contributed by atoms with Crippen LogP contribution < -0.4 is 5.32 Å². The second-order valence-electron chi connectivity index (χ2n) is 4.73. The topological polar surface area (TPSA) is 87.5 Å². The molecule has 0 radical (unpaired) electrons. The van der Waals surface area contributed by atoms with Crippen molar-refractivity contribution in [2.24, 2.45) is 0 Å². The number of rotatable bonds is 10. The Hall–Kier alpha value is -1.89. The molecule has 2 N–H and O–H groups in total. The van der Waals surface area contributed by atoms with Crippen molar-refractivity contribution >= 4 is 11.9 Å². The van der Waals surface area contributed by atoms with Gasteiger partial charge in [0.15, 0.2) is 0 Å². The summed E-state index contributed by atoms with van der Waals surface area (Å²) < 4.78 is 1.33. The number of carboxylic acid groups (broad SMARTS) is 1. The van der Waals surface area contributed by atoms with E-state index in [0.717, 1.165) is 26.1 Å². The fraction of sp³-hybridized carbons (Fsp3) is 0.643. The van der Waals surface area contributed by atoms with Crippen LogP contribution in [0.4, 0.5) is 0 Å². The Morgan fingerprint density at radius 1 is 1.38 bits per heavy atom. The van der Waals surface area contributed by atoms with Gasteiger partial charge in [0.2, 0.25) is 5.91 Å². The van der Waals surface area contributed by atoms with E-state index in [1.165, 1.54) is 16.9 Å². The van der Waals surface area contributed by atoms with E-state index in [1.807, 2.05) is 0 Å². The second-order valence-corrected chi connectivity index (χ2v) is 4.73. The molecule has 0 aromatic carbocycles. The summed E-state index contributed by atoms with van der Waals surface area (Å²) in [5, 5.41) is 15.7. The van der Waals surface area contributed by atoms with Crippen LogP contribution in [0.2, 0.25) is 0 Å². The minimum absolute atomic E-state index is 0.0821. The third kappa shape index (κ3) is 5.95. The molecule has 0 atom stereocenters. The van der Waals surface area contributed by atoms with E-state index in [0.29, 0.717) is 6.54 Å². The van der Waals surface area contributed by atoms with Gasteiger partial charge < -0.3 is 15.3 Å². The molecule has 1 amide bonds. The van der Waals surface area contributed by atoms with Gasteiger partial charge in [0.1, 0.15) is 5.69 Å². The average Bonchev–Trinajstić information content (AvgIpc) is 2.94. The molecular formula is C14H24N4O3. The van der Waals surface area contributed by atoms with Crippen molar-refractivity contribution in [3.63, 3.8) is 0 Å². The van der Waals surface area contributed by atoms with E-state index >= 15 is 0 Å². The van der Waals surface area contributed by atoms with Gasteiger partial charge in [-0.15, -0.1) is 0 Å². The van der Waals surface area contributed by atoms with Gasteiger partial charge in [0, 0.05) is 19.2 Å². The molecule has 0 aliphatic heterocycles. The van der Waals surface area contributed by atoms with Crippen molar-refractivity contribution in [1.82, 2.24) is 20.0 Å². The highest BCUT2D eigenvalue weighted by atomic mass is 16.4. The molecule has 7 heteroatoms.